The number of hydrogen-bond donors (Lipinski definition) is 0. The van der Waals surface area contributed by atoms with Crippen LogP contribution in [0.25, 0.3) is 16.4 Å². The fourth-order valence-corrected chi connectivity index (χ4v) is 2.81. The van der Waals surface area contributed by atoms with E-state index in [0.29, 0.717) is 22.3 Å². The highest BCUT2D eigenvalue weighted by molar-refractivity contribution is 7.13. The fourth-order valence-electron chi connectivity index (χ4n) is 2.17. The first-order valence-corrected chi connectivity index (χ1v) is 7.14. The van der Waals surface area contributed by atoms with Crippen molar-refractivity contribution in [3.63, 3.8) is 0 Å². The SMILES string of the molecule is Cc1nnc(-n2nnc(C#N)c2-c2ccc3c(c2)OCO3)s1. The summed E-state index contributed by atoms with van der Waals surface area (Å²) in [5.74, 6) is 1.30. The molecular weight excluding hydrogens is 304 g/mol. The Balaban J connectivity index is 1.90. The van der Waals surface area contributed by atoms with Gasteiger partial charge in [-0.05, 0) is 25.1 Å². The predicted molar refractivity (Wildman–Crippen MR) is 75.8 cm³/mol. The van der Waals surface area contributed by atoms with Crippen LogP contribution in [0, 0.1) is 18.3 Å². The lowest BCUT2D eigenvalue weighted by molar-refractivity contribution is 0.174. The summed E-state index contributed by atoms with van der Waals surface area (Å²) < 4.78 is 12.2. The van der Waals surface area contributed by atoms with E-state index >= 15 is 0 Å². The van der Waals surface area contributed by atoms with Crippen molar-refractivity contribution in [2.45, 2.75) is 6.92 Å². The van der Waals surface area contributed by atoms with E-state index < -0.39 is 0 Å². The van der Waals surface area contributed by atoms with Crippen molar-refractivity contribution < 1.29 is 9.47 Å². The molecule has 0 amide bonds. The molecule has 9 heteroatoms. The van der Waals surface area contributed by atoms with Crippen molar-refractivity contribution >= 4 is 11.3 Å². The fraction of sp³-hybridized carbons (Fsp3) is 0.154. The zero-order chi connectivity index (χ0) is 15.1. The number of rotatable bonds is 2. The molecule has 0 saturated heterocycles. The molecule has 1 aliphatic rings. The summed E-state index contributed by atoms with van der Waals surface area (Å²) in [6.07, 6.45) is 0. The van der Waals surface area contributed by atoms with Gasteiger partial charge in [0.2, 0.25) is 11.9 Å². The predicted octanol–water partition coefficient (Wildman–Crippen LogP) is 1.69. The molecule has 0 aliphatic carbocycles. The second kappa shape index (κ2) is 4.78. The molecule has 3 heterocycles. The Bertz CT molecular complexity index is 910. The monoisotopic (exact) mass is 312 g/mol. The minimum Gasteiger partial charge on any atom is -0.454 e. The standard InChI is InChI=1S/C13H8N6O2S/c1-7-15-17-13(22-7)19-12(9(5-14)16-18-19)8-2-3-10-11(4-8)21-6-20-10/h2-4H,6H2,1H3. The Morgan fingerprint density at radius 2 is 2.09 bits per heavy atom. The molecule has 8 nitrogen and oxygen atoms in total. The highest BCUT2D eigenvalue weighted by Crippen LogP contribution is 2.37. The van der Waals surface area contributed by atoms with Crippen molar-refractivity contribution in [1.82, 2.24) is 25.2 Å². The van der Waals surface area contributed by atoms with Gasteiger partial charge < -0.3 is 9.47 Å². The number of nitriles is 1. The second-order valence-corrected chi connectivity index (χ2v) is 5.64. The molecule has 4 rings (SSSR count). The maximum atomic E-state index is 9.28. The van der Waals surface area contributed by atoms with Gasteiger partial charge in [0, 0.05) is 5.56 Å². The molecule has 22 heavy (non-hydrogen) atoms. The van der Waals surface area contributed by atoms with Crippen molar-refractivity contribution in [2.75, 3.05) is 6.79 Å². The molecule has 0 fully saturated rings. The maximum Gasteiger partial charge on any atom is 0.234 e. The van der Waals surface area contributed by atoms with Crippen molar-refractivity contribution in [3.05, 3.63) is 28.9 Å². The van der Waals surface area contributed by atoms with Gasteiger partial charge in [0.15, 0.2) is 17.2 Å². The van der Waals surface area contributed by atoms with Gasteiger partial charge in [0.25, 0.3) is 0 Å². The lowest BCUT2D eigenvalue weighted by atomic mass is 10.1. The summed E-state index contributed by atoms with van der Waals surface area (Å²) in [5.41, 5.74) is 1.52. The highest BCUT2D eigenvalue weighted by Gasteiger charge is 2.21. The average Bonchev–Trinajstić information content (AvgIpc) is 3.24. The summed E-state index contributed by atoms with van der Waals surface area (Å²) in [6, 6.07) is 7.47. The van der Waals surface area contributed by atoms with Gasteiger partial charge in [-0.25, -0.2) is 0 Å². The average molecular weight is 312 g/mol. The number of ether oxygens (including phenoxy) is 2. The Morgan fingerprint density at radius 3 is 2.86 bits per heavy atom. The molecule has 108 valence electrons. The van der Waals surface area contributed by atoms with Crippen LogP contribution < -0.4 is 9.47 Å². The van der Waals surface area contributed by atoms with Crippen LogP contribution in [0.5, 0.6) is 11.5 Å². The molecule has 1 aliphatic heterocycles. The lowest BCUT2D eigenvalue weighted by Gasteiger charge is -2.04. The minimum atomic E-state index is 0.191. The number of fused-ring (bicyclic) bond motifs is 1. The molecule has 1 aromatic carbocycles. The van der Waals surface area contributed by atoms with E-state index in [1.165, 1.54) is 16.0 Å². The number of aromatic nitrogens is 5. The Labute approximate surface area is 128 Å². The van der Waals surface area contributed by atoms with E-state index in [-0.39, 0.29) is 12.5 Å². The van der Waals surface area contributed by atoms with Gasteiger partial charge >= 0.3 is 0 Å². The quantitative estimate of drug-likeness (QED) is 0.710. The summed E-state index contributed by atoms with van der Waals surface area (Å²) in [4.78, 5) is 0. The van der Waals surface area contributed by atoms with Crippen LogP contribution in [-0.2, 0) is 0 Å². The van der Waals surface area contributed by atoms with Crippen molar-refractivity contribution in [2.24, 2.45) is 0 Å². The van der Waals surface area contributed by atoms with E-state index in [4.69, 9.17) is 9.47 Å². The van der Waals surface area contributed by atoms with Crippen LogP contribution in [0.15, 0.2) is 18.2 Å². The molecule has 2 aromatic heterocycles. The van der Waals surface area contributed by atoms with Crippen LogP contribution in [0.2, 0.25) is 0 Å². The van der Waals surface area contributed by atoms with Gasteiger partial charge in [-0.1, -0.05) is 16.6 Å². The second-order valence-electron chi connectivity index (χ2n) is 4.48. The summed E-state index contributed by atoms with van der Waals surface area (Å²) in [6.45, 7) is 2.04. The Kier molecular flexibility index (Phi) is 2.77. The third-order valence-electron chi connectivity index (χ3n) is 3.12. The van der Waals surface area contributed by atoms with Gasteiger partial charge in [-0.2, -0.15) is 9.94 Å². The van der Waals surface area contributed by atoms with E-state index in [1.807, 2.05) is 19.1 Å². The molecule has 0 atom stereocenters. The number of aryl methyl sites for hydroxylation is 1. The molecule has 3 aromatic rings. The zero-order valence-corrected chi connectivity index (χ0v) is 12.2. The van der Waals surface area contributed by atoms with Crippen molar-refractivity contribution in [1.29, 1.82) is 5.26 Å². The Hall–Kier alpha value is -2.99. The minimum absolute atomic E-state index is 0.191. The lowest BCUT2D eigenvalue weighted by Crippen LogP contribution is -1.99. The number of nitrogens with zero attached hydrogens (tertiary/aromatic N) is 6. The molecule has 0 N–H and O–H groups in total. The normalized spacial score (nSPS) is 12.4. The zero-order valence-electron chi connectivity index (χ0n) is 11.3. The smallest absolute Gasteiger partial charge is 0.234 e. The Morgan fingerprint density at radius 1 is 1.23 bits per heavy atom. The molecule has 0 saturated carbocycles. The first-order valence-electron chi connectivity index (χ1n) is 6.32. The topological polar surface area (TPSA) is 98.7 Å². The molecular formula is C13H8N6O2S. The van der Waals surface area contributed by atoms with Gasteiger partial charge in [0.1, 0.15) is 16.8 Å². The molecule has 0 radical (unpaired) electrons. The first-order chi connectivity index (χ1) is 10.8. The van der Waals surface area contributed by atoms with Gasteiger partial charge in [0.05, 0.1) is 0 Å². The number of hydrogen-bond acceptors (Lipinski definition) is 8. The van der Waals surface area contributed by atoms with Crippen LogP contribution >= 0.6 is 11.3 Å². The highest BCUT2D eigenvalue weighted by atomic mass is 32.1. The van der Waals surface area contributed by atoms with E-state index in [2.05, 4.69) is 20.5 Å². The van der Waals surface area contributed by atoms with E-state index in [9.17, 15) is 5.26 Å². The van der Waals surface area contributed by atoms with Crippen LogP contribution in [0.1, 0.15) is 10.7 Å². The number of benzene rings is 1. The summed E-state index contributed by atoms with van der Waals surface area (Å²) in [5, 5.41) is 26.6. The van der Waals surface area contributed by atoms with Crippen molar-refractivity contribution in [3.8, 4) is 34.0 Å². The van der Waals surface area contributed by atoms with E-state index in [1.54, 1.807) is 12.1 Å². The van der Waals surface area contributed by atoms with Crippen LogP contribution in [0.4, 0.5) is 0 Å². The third-order valence-corrected chi connectivity index (χ3v) is 3.93. The first kappa shape index (κ1) is 12.7. The largest absolute Gasteiger partial charge is 0.454 e. The third kappa shape index (κ3) is 1.89. The molecule has 0 spiro atoms. The van der Waals surface area contributed by atoms with Gasteiger partial charge in [-0.15, -0.1) is 15.3 Å². The van der Waals surface area contributed by atoms with E-state index in [0.717, 1.165) is 10.6 Å². The summed E-state index contributed by atoms with van der Waals surface area (Å²) >= 11 is 1.37. The maximum absolute atomic E-state index is 9.28. The summed E-state index contributed by atoms with van der Waals surface area (Å²) in [7, 11) is 0. The van der Waals surface area contributed by atoms with Crippen LogP contribution in [0.3, 0.4) is 0 Å². The van der Waals surface area contributed by atoms with Crippen LogP contribution in [-0.4, -0.2) is 32.0 Å². The molecule has 0 unspecified atom stereocenters. The van der Waals surface area contributed by atoms with Gasteiger partial charge in [-0.3, -0.25) is 0 Å². The molecule has 0 bridgehead atoms.